The second-order valence-corrected chi connectivity index (χ2v) is 37.0. The fraction of sp³-hybridized carbons (Fsp3) is 0.500. The summed E-state index contributed by atoms with van der Waals surface area (Å²) in [6.45, 7) is 3.63. The number of aliphatic hydroxyl groups is 1. The Morgan fingerprint density at radius 1 is 0.432 bits per heavy atom. The number of carboxylic acids is 1. The molecule has 0 aromatic heterocycles. The third-order valence-electron chi connectivity index (χ3n) is 20.1. The predicted molar refractivity (Wildman–Crippen MR) is 451 cm³/mol. The van der Waals surface area contributed by atoms with Crippen molar-refractivity contribution in [3.8, 4) is 0 Å². The molecule has 0 saturated carbocycles. The van der Waals surface area contributed by atoms with Gasteiger partial charge in [-0.15, -0.1) is 0 Å². The molecule has 38 heteroatoms. The number of likely N-dealkylation sites (N-methyl/N-ethyl adjacent to an activating group) is 3. The fourth-order valence-electron chi connectivity index (χ4n) is 14.4. The molecule has 0 radical (unpaired) electrons. The summed E-state index contributed by atoms with van der Waals surface area (Å²) in [6.07, 6.45) is -1.70. The first-order valence-electron chi connectivity index (χ1n) is 38.7. The topological polar surface area (TPSA) is 370 Å². The Labute approximate surface area is 720 Å². The number of carbonyl (C=O) groups is 4. The Kier molecular flexibility index (Phi) is 38.4. The largest absolute Gasteiger partial charge is 0.480 e. The lowest BCUT2D eigenvalue weighted by Crippen LogP contribution is -2.52. The highest BCUT2D eigenvalue weighted by molar-refractivity contribution is 7.90. The summed E-state index contributed by atoms with van der Waals surface area (Å²) in [5, 5.41) is 35.1. The molecule has 0 fully saturated rings. The van der Waals surface area contributed by atoms with Gasteiger partial charge in [0.05, 0.1) is 94.0 Å². The van der Waals surface area contributed by atoms with Crippen LogP contribution in [0.2, 0.25) is 30.1 Å². The standard InChI is InChI=1S/C80H104Cl6N10O19S3/c1-94-46-66(63-40-57(81)43-72(84)69(63)49-94)54-7-4-10-60(37-54)116(103,104)90-22-28-112-34-31-109-25-19-87-75(97)13-16-80(93-78(100)52-115-53-79(101)102,17-14-76(98)88-20-26-110-32-35-113-29-23-91-117(105,106)61-11-5-8-55(38-61)67-47-95(2)50-70-64(67)41-58(82)44-73(70)85)18-15-77(99)89-21-27-111-33-36-114-30-24-92-118(107,108)62-12-6-9-56(39-62)68-48-96(3)51-71-65(68)42-59(83)45-74(71)86/h4-12,37-45,66-68,75,87,90-92,97H,13-36,46-53H2,1-3H3,(H,88,98)(H,89,99)(H,93,100)(H,101,102)/t66-,67-,68-,75?/m0/s1. The lowest BCUT2D eigenvalue weighted by atomic mass is 9.83. The number of halogens is 6. The molecule has 648 valence electrons. The highest BCUT2D eigenvalue weighted by Gasteiger charge is 2.36. The number of rotatable bonds is 51. The van der Waals surface area contributed by atoms with Crippen LogP contribution >= 0.6 is 69.6 Å². The van der Waals surface area contributed by atoms with E-state index in [4.69, 9.17) is 103 Å². The summed E-state index contributed by atoms with van der Waals surface area (Å²) >= 11 is 38.9. The summed E-state index contributed by atoms with van der Waals surface area (Å²) in [6, 6.07) is 31.0. The van der Waals surface area contributed by atoms with Gasteiger partial charge in [-0.3, -0.25) is 19.7 Å². The van der Waals surface area contributed by atoms with Gasteiger partial charge in [0.25, 0.3) is 0 Å². The smallest absolute Gasteiger partial charge is 0.329 e. The Morgan fingerprint density at radius 3 is 1.10 bits per heavy atom. The maximum Gasteiger partial charge on any atom is 0.329 e. The van der Waals surface area contributed by atoms with E-state index in [-0.39, 0.29) is 190 Å². The van der Waals surface area contributed by atoms with Crippen molar-refractivity contribution in [2.24, 2.45) is 0 Å². The quantitative estimate of drug-likeness (QED) is 0.0128. The van der Waals surface area contributed by atoms with Crippen LogP contribution in [-0.2, 0) is 102 Å². The predicted octanol–water partition coefficient (Wildman–Crippen LogP) is 8.11. The molecule has 0 bridgehead atoms. The normalized spacial score (nSPS) is 16.4. The number of carboxylic acid groups (broad SMARTS) is 1. The Hall–Kier alpha value is -5.81. The van der Waals surface area contributed by atoms with Crippen LogP contribution in [0.3, 0.4) is 0 Å². The maximum atomic E-state index is 13.6. The molecule has 6 aromatic carbocycles. The van der Waals surface area contributed by atoms with Crippen molar-refractivity contribution in [2.75, 3.05) is 173 Å². The lowest BCUT2D eigenvalue weighted by molar-refractivity contribution is -0.144. The van der Waals surface area contributed by atoms with Gasteiger partial charge in [-0.1, -0.05) is 106 Å². The number of fused-ring (bicyclic) bond motifs is 3. The van der Waals surface area contributed by atoms with E-state index in [2.05, 4.69) is 50.1 Å². The van der Waals surface area contributed by atoms with E-state index in [9.17, 15) is 54.6 Å². The van der Waals surface area contributed by atoms with Crippen LogP contribution < -0.4 is 35.4 Å². The van der Waals surface area contributed by atoms with Crippen molar-refractivity contribution in [3.63, 3.8) is 0 Å². The minimum Gasteiger partial charge on any atom is -0.480 e. The second-order valence-electron chi connectivity index (χ2n) is 29.1. The maximum absolute atomic E-state index is 13.6. The molecule has 3 heterocycles. The molecule has 9 N–H and O–H groups in total. The van der Waals surface area contributed by atoms with Gasteiger partial charge in [0.2, 0.25) is 47.8 Å². The fourth-order valence-corrected chi connectivity index (χ4v) is 19.3. The zero-order valence-corrected chi connectivity index (χ0v) is 73.0. The Balaban J connectivity index is 0.709. The van der Waals surface area contributed by atoms with Crippen molar-refractivity contribution in [3.05, 3.63) is 189 Å². The first-order valence-corrected chi connectivity index (χ1v) is 45.4. The van der Waals surface area contributed by atoms with Crippen LogP contribution in [0.15, 0.2) is 124 Å². The Morgan fingerprint density at radius 2 is 0.763 bits per heavy atom. The molecule has 3 aliphatic heterocycles. The summed E-state index contributed by atoms with van der Waals surface area (Å²) < 4.78 is 128. The minimum absolute atomic E-state index is 0.00306. The van der Waals surface area contributed by atoms with Gasteiger partial charge >= 0.3 is 5.97 Å². The van der Waals surface area contributed by atoms with Crippen molar-refractivity contribution < 1.29 is 87.8 Å². The summed E-state index contributed by atoms with van der Waals surface area (Å²) in [5.41, 5.74) is 6.70. The first kappa shape index (κ1) is 96.0. The van der Waals surface area contributed by atoms with E-state index in [1.165, 1.54) is 18.2 Å². The number of aliphatic hydroxyl groups excluding tert-OH is 1. The van der Waals surface area contributed by atoms with Crippen LogP contribution in [0.4, 0.5) is 0 Å². The molecule has 4 atom stereocenters. The van der Waals surface area contributed by atoms with E-state index in [0.717, 1.165) is 50.1 Å². The lowest BCUT2D eigenvalue weighted by Gasteiger charge is -2.36. The number of amides is 3. The SMILES string of the molecule is CN1Cc2c(Cl)cc(Cl)cc2[C@H](c2cccc(S(=O)(=O)NCCOCCOCCNC(=O)CCC(CCC(=O)NCCOCCOCCNS(=O)(=O)c3cccc([C@@H]4CN(C)Cc5c(Cl)cc(Cl)cc54)c3)(CCC(O)NCCOCCOCCNS(=O)(=O)c3cccc([C@@H]4CN(C)Cc5c(Cl)cc(Cl)cc54)c3)NC(=O)COCC(=O)O)c2)C1. The molecule has 118 heavy (non-hydrogen) atoms. The zero-order chi connectivity index (χ0) is 85.0. The van der Waals surface area contributed by atoms with Crippen LogP contribution in [0.5, 0.6) is 0 Å². The number of sulfonamides is 3. The molecule has 9 rings (SSSR count). The van der Waals surface area contributed by atoms with Gasteiger partial charge in [0.1, 0.15) is 19.4 Å². The van der Waals surface area contributed by atoms with Crippen LogP contribution in [0.25, 0.3) is 0 Å². The molecule has 0 saturated heterocycles. The van der Waals surface area contributed by atoms with E-state index in [1.807, 2.05) is 57.5 Å². The zero-order valence-electron chi connectivity index (χ0n) is 66.0. The van der Waals surface area contributed by atoms with Gasteiger partial charge in [0.15, 0.2) is 0 Å². The average Bonchev–Trinajstić information content (AvgIpc) is 0.780. The van der Waals surface area contributed by atoms with E-state index in [1.54, 1.807) is 54.6 Å². The number of benzene rings is 6. The molecule has 3 aliphatic rings. The number of nitrogens with zero attached hydrogens (tertiary/aromatic N) is 3. The average molecular weight is 1820 g/mol. The van der Waals surface area contributed by atoms with Crippen molar-refractivity contribution in [1.29, 1.82) is 0 Å². The number of ether oxygens (including phenoxy) is 7. The third-order valence-corrected chi connectivity index (χ3v) is 26.1. The van der Waals surface area contributed by atoms with Crippen LogP contribution in [0.1, 0.15) is 106 Å². The number of hydrogen-bond donors (Lipinski definition) is 9. The first-order chi connectivity index (χ1) is 56.4. The van der Waals surface area contributed by atoms with Gasteiger partial charge in [-0.25, -0.2) is 44.2 Å². The second kappa shape index (κ2) is 47.2. The molecular weight excluding hydrogens is 1710 g/mol. The summed E-state index contributed by atoms with van der Waals surface area (Å²) in [7, 11) is -5.85. The number of aliphatic carboxylic acids is 1. The molecule has 0 spiro atoms. The molecule has 1 unspecified atom stereocenters. The number of carbonyl (C=O) groups excluding carboxylic acids is 3. The van der Waals surface area contributed by atoms with E-state index >= 15 is 0 Å². The molecular formula is C80H104Cl6N10O19S3. The van der Waals surface area contributed by atoms with Crippen LogP contribution in [0, 0.1) is 0 Å². The van der Waals surface area contributed by atoms with Crippen molar-refractivity contribution in [2.45, 2.75) is 102 Å². The van der Waals surface area contributed by atoms with Gasteiger partial charge in [-0.05, 0) is 170 Å². The minimum atomic E-state index is -3.92. The summed E-state index contributed by atoms with van der Waals surface area (Å²) in [5.74, 6) is -3.45. The Bertz CT molecular complexity index is 4540. The van der Waals surface area contributed by atoms with Crippen molar-refractivity contribution in [1.82, 2.24) is 50.1 Å². The van der Waals surface area contributed by atoms with Gasteiger partial charge in [0, 0.05) is 145 Å². The number of nitrogens with one attached hydrogen (secondary N) is 7. The highest BCUT2D eigenvalue weighted by Crippen LogP contribution is 2.43. The number of hydrogen-bond acceptors (Lipinski definition) is 22. The highest BCUT2D eigenvalue weighted by atomic mass is 35.5. The van der Waals surface area contributed by atoms with Crippen molar-refractivity contribution >= 4 is 123 Å². The molecule has 3 amide bonds. The van der Waals surface area contributed by atoms with E-state index < -0.39 is 78.7 Å². The van der Waals surface area contributed by atoms with Gasteiger partial charge in [-0.2, -0.15) is 0 Å². The molecule has 6 aromatic rings. The van der Waals surface area contributed by atoms with Crippen LogP contribution in [-0.4, -0.2) is 258 Å². The third kappa shape index (κ3) is 30.0. The van der Waals surface area contributed by atoms with E-state index in [0.29, 0.717) is 69.4 Å². The monoisotopic (exact) mass is 1810 g/mol. The van der Waals surface area contributed by atoms with Gasteiger partial charge < -0.3 is 74.0 Å². The summed E-state index contributed by atoms with van der Waals surface area (Å²) in [4.78, 5) is 58.7. The molecule has 0 aliphatic carbocycles. The molecule has 29 nitrogen and oxygen atoms in total.